The van der Waals surface area contributed by atoms with Crippen molar-refractivity contribution in [3.63, 3.8) is 0 Å². The maximum atomic E-state index is 11.9. The van der Waals surface area contributed by atoms with E-state index in [-0.39, 0.29) is 11.3 Å². The number of carbonyl (C=O) groups excluding carboxylic acids is 3. The SMILES string of the molecule is Nc1ccccc1C(=O)NC(=O)C(=O)Nc1ccccc1Br. The predicted molar refractivity (Wildman–Crippen MR) is 86.1 cm³/mol. The van der Waals surface area contributed by atoms with Crippen LogP contribution < -0.4 is 16.4 Å². The van der Waals surface area contributed by atoms with E-state index in [1.807, 2.05) is 5.32 Å². The minimum atomic E-state index is -1.07. The van der Waals surface area contributed by atoms with E-state index in [1.165, 1.54) is 12.1 Å². The molecule has 2 rings (SSSR count). The first-order valence-electron chi connectivity index (χ1n) is 6.24. The van der Waals surface area contributed by atoms with Crippen molar-refractivity contribution in [3.05, 3.63) is 58.6 Å². The fourth-order valence-electron chi connectivity index (χ4n) is 1.67. The highest BCUT2D eigenvalue weighted by Gasteiger charge is 2.19. The molecule has 22 heavy (non-hydrogen) atoms. The number of anilines is 2. The second kappa shape index (κ2) is 6.86. The Morgan fingerprint density at radius 1 is 0.909 bits per heavy atom. The Hall–Kier alpha value is -2.67. The van der Waals surface area contributed by atoms with E-state index >= 15 is 0 Å². The van der Waals surface area contributed by atoms with Gasteiger partial charge >= 0.3 is 11.8 Å². The van der Waals surface area contributed by atoms with E-state index < -0.39 is 17.7 Å². The molecule has 7 heteroatoms. The van der Waals surface area contributed by atoms with Crippen LogP contribution in [0.3, 0.4) is 0 Å². The zero-order valence-corrected chi connectivity index (χ0v) is 12.9. The van der Waals surface area contributed by atoms with Gasteiger partial charge in [-0.1, -0.05) is 24.3 Å². The molecule has 0 atom stereocenters. The van der Waals surface area contributed by atoms with Crippen LogP contribution in [0.25, 0.3) is 0 Å². The highest BCUT2D eigenvalue weighted by molar-refractivity contribution is 9.10. The number of para-hydroxylation sites is 2. The van der Waals surface area contributed by atoms with Crippen molar-refractivity contribution in [1.29, 1.82) is 0 Å². The molecule has 0 aliphatic heterocycles. The second-order valence-corrected chi connectivity index (χ2v) is 5.16. The topological polar surface area (TPSA) is 101 Å². The Labute approximate surface area is 134 Å². The summed E-state index contributed by atoms with van der Waals surface area (Å²) < 4.78 is 0.620. The molecule has 2 aromatic rings. The van der Waals surface area contributed by atoms with Gasteiger partial charge in [-0.25, -0.2) is 0 Å². The van der Waals surface area contributed by atoms with Crippen molar-refractivity contribution >= 4 is 45.0 Å². The number of rotatable bonds is 2. The normalized spacial score (nSPS) is 9.86. The zero-order chi connectivity index (χ0) is 16.1. The third kappa shape index (κ3) is 3.70. The number of amides is 3. The number of benzene rings is 2. The average molecular weight is 362 g/mol. The summed E-state index contributed by atoms with van der Waals surface area (Å²) in [7, 11) is 0. The Kier molecular flexibility index (Phi) is 4.90. The van der Waals surface area contributed by atoms with Crippen molar-refractivity contribution in [2.75, 3.05) is 11.1 Å². The van der Waals surface area contributed by atoms with Crippen LogP contribution in [0.5, 0.6) is 0 Å². The molecule has 0 fully saturated rings. The Morgan fingerprint density at radius 2 is 1.55 bits per heavy atom. The summed E-state index contributed by atoms with van der Waals surface area (Å²) in [6.45, 7) is 0. The molecular formula is C15H12BrN3O3. The van der Waals surface area contributed by atoms with Crippen LogP contribution in [0.2, 0.25) is 0 Å². The van der Waals surface area contributed by atoms with Gasteiger partial charge in [-0.05, 0) is 40.2 Å². The van der Waals surface area contributed by atoms with Crippen LogP contribution in [-0.4, -0.2) is 17.7 Å². The van der Waals surface area contributed by atoms with E-state index in [1.54, 1.807) is 36.4 Å². The smallest absolute Gasteiger partial charge is 0.316 e. The van der Waals surface area contributed by atoms with E-state index in [0.717, 1.165) is 0 Å². The molecule has 0 saturated heterocycles. The molecule has 112 valence electrons. The van der Waals surface area contributed by atoms with Crippen molar-refractivity contribution < 1.29 is 14.4 Å². The predicted octanol–water partition coefficient (Wildman–Crippen LogP) is 1.93. The first-order valence-corrected chi connectivity index (χ1v) is 7.04. The van der Waals surface area contributed by atoms with Crippen molar-refractivity contribution in [2.24, 2.45) is 0 Å². The first-order chi connectivity index (χ1) is 10.5. The summed E-state index contributed by atoms with van der Waals surface area (Å²) in [5, 5.41) is 4.39. The van der Waals surface area contributed by atoms with Gasteiger partial charge in [-0.3, -0.25) is 19.7 Å². The highest BCUT2D eigenvalue weighted by Crippen LogP contribution is 2.20. The fourth-order valence-corrected chi connectivity index (χ4v) is 2.06. The summed E-state index contributed by atoms with van der Waals surface area (Å²) >= 11 is 3.24. The second-order valence-electron chi connectivity index (χ2n) is 4.30. The summed E-state index contributed by atoms with van der Waals surface area (Å²) in [4.78, 5) is 35.4. The van der Waals surface area contributed by atoms with Gasteiger partial charge in [0.25, 0.3) is 5.91 Å². The van der Waals surface area contributed by atoms with Crippen LogP contribution in [-0.2, 0) is 9.59 Å². The third-order valence-corrected chi connectivity index (χ3v) is 3.45. The maximum Gasteiger partial charge on any atom is 0.316 e. The summed E-state index contributed by atoms with van der Waals surface area (Å²) in [5.41, 5.74) is 6.41. The van der Waals surface area contributed by atoms with Gasteiger partial charge in [-0.2, -0.15) is 0 Å². The summed E-state index contributed by atoms with van der Waals surface area (Å²) in [6.07, 6.45) is 0. The number of nitrogens with two attached hydrogens (primary N) is 1. The Bertz CT molecular complexity index is 746. The molecule has 3 amide bonds. The highest BCUT2D eigenvalue weighted by atomic mass is 79.9. The number of nitrogens with one attached hydrogen (secondary N) is 2. The first kappa shape index (κ1) is 15.7. The van der Waals surface area contributed by atoms with Crippen LogP contribution in [0, 0.1) is 0 Å². The number of nitrogen functional groups attached to an aromatic ring is 1. The van der Waals surface area contributed by atoms with Gasteiger partial charge in [0.2, 0.25) is 0 Å². The Morgan fingerprint density at radius 3 is 2.23 bits per heavy atom. The molecule has 0 unspecified atom stereocenters. The van der Waals surface area contributed by atoms with Gasteiger partial charge in [-0.15, -0.1) is 0 Å². The molecule has 0 radical (unpaired) electrons. The minimum Gasteiger partial charge on any atom is -0.398 e. The third-order valence-electron chi connectivity index (χ3n) is 2.76. The lowest BCUT2D eigenvalue weighted by atomic mass is 10.1. The standard InChI is InChI=1S/C15H12BrN3O3/c16-10-6-2-4-8-12(10)18-14(21)15(22)19-13(20)9-5-1-3-7-11(9)17/h1-8H,17H2,(H,18,21)(H,19,20,22). The molecule has 0 aliphatic rings. The Balaban J connectivity index is 2.03. The van der Waals surface area contributed by atoms with Crippen LogP contribution in [0.1, 0.15) is 10.4 Å². The number of carbonyl (C=O) groups is 3. The van der Waals surface area contributed by atoms with E-state index in [9.17, 15) is 14.4 Å². The lowest BCUT2D eigenvalue weighted by molar-refractivity contribution is -0.135. The van der Waals surface area contributed by atoms with Crippen LogP contribution >= 0.6 is 15.9 Å². The molecule has 0 bridgehead atoms. The van der Waals surface area contributed by atoms with E-state index in [0.29, 0.717) is 10.2 Å². The largest absolute Gasteiger partial charge is 0.398 e. The number of imide groups is 1. The van der Waals surface area contributed by atoms with Gasteiger partial charge < -0.3 is 11.1 Å². The fraction of sp³-hybridized carbons (Fsp3) is 0. The molecule has 0 aliphatic carbocycles. The summed E-state index contributed by atoms with van der Waals surface area (Å²) in [6, 6.07) is 13.1. The maximum absolute atomic E-state index is 11.9. The van der Waals surface area contributed by atoms with Gasteiger partial charge in [0.15, 0.2) is 0 Å². The van der Waals surface area contributed by atoms with Crippen molar-refractivity contribution in [1.82, 2.24) is 5.32 Å². The zero-order valence-electron chi connectivity index (χ0n) is 11.3. The average Bonchev–Trinajstić information content (AvgIpc) is 2.49. The lowest BCUT2D eigenvalue weighted by Crippen LogP contribution is -2.39. The van der Waals surface area contributed by atoms with Crippen LogP contribution in [0.4, 0.5) is 11.4 Å². The molecule has 0 heterocycles. The molecule has 0 spiro atoms. The van der Waals surface area contributed by atoms with Crippen molar-refractivity contribution in [3.8, 4) is 0 Å². The monoisotopic (exact) mass is 361 g/mol. The molecule has 0 aromatic heterocycles. The molecule has 2 aromatic carbocycles. The van der Waals surface area contributed by atoms with Gasteiger partial charge in [0.1, 0.15) is 0 Å². The molecule has 6 nitrogen and oxygen atoms in total. The quantitative estimate of drug-likeness (QED) is 0.561. The lowest BCUT2D eigenvalue weighted by Gasteiger charge is -2.08. The minimum absolute atomic E-state index is 0.129. The molecular weight excluding hydrogens is 350 g/mol. The van der Waals surface area contributed by atoms with E-state index in [4.69, 9.17) is 5.73 Å². The molecule has 0 saturated carbocycles. The number of halogens is 1. The summed E-state index contributed by atoms with van der Waals surface area (Å²) in [5.74, 6) is -2.75. The number of hydrogen-bond donors (Lipinski definition) is 3. The number of hydrogen-bond acceptors (Lipinski definition) is 4. The van der Waals surface area contributed by atoms with Crippen molar-refractivity contribution in [2.45, 2.75) is 0 Å². The van der Waals surface area contributed by atoms with Gasteiger partial charge in [0.05, 0.1) is 11.3 Å². The van der Waals surface area contributed by atoms with Gasteiger partial charge in [0, 0.05) is 10.2 Å². The van der Waals surface area contributed by atoms with E-state index in [2.05, 4.69) is 21.2 Å². The van der Waals surface area contributed by atoms with Crippen LogP contribution in [0.15, 0.2) is 53.0 Å². The molecule has 4 N–H and O–H groups in total.